The number of carbonyl (C=O) groups is 2. The smallest absolute Gasteiger partial charge is 0.258 e. The molecule has 4 rings (SSSR count). The van der Waals surface area contributed by atoms with Crippen molar-refractivity contribution < 1.29 is 22.7 Å². The van der Waals surface area contributed by atoms with Crippen LogP contribution in [-0.2, 0) is 14.6 Å². The van der Waals surface area contributed by atoms with Crippen LogP contribution in [0.3, 0.4) is 0 Å². The van der Waals surface area contributed by atoms with E-state index in [1.54, 1.807) is 84.8 Å². The van der Waals surface area contributed by atoms with E-state index in [0.29, 0.717) is 53.9 Å². The zero-order chi connectivity index (χ0) is 26.6. The number of benzene rings is 3. The summed E-state index contributed by atoms with van der Waals surface area (Å²) in [5, 5.41) is 0.361. The second-order valence-corrected chi connectivity index (χ2v) is 11.1. The summed E-state index contributed by atoms with van der Waals surface area (Å²) in [7, 11) is -1.84. The number of sulfone groups is 1. The minimum atomic E-state index is -3.39. The topological polar surface area (TPSA) is 87.2 Å². The first-order valence-corrected chi connectivity index (χ1v) is 14.0. The van der Waals surface area contributed by atoms with Crippen LogP contribution in [0, 0.1) is 0 Å². The van der Waals surface area contributed by atoms with Gasteiger partial charge in [0.2, 0.25) is 5.91 Å². The molecule has 8 nitrogen and oxygen atoms in total. The largest absolute Gasteiger partial charge is 0.497 e. The molecule has 0 aliphatic carbocycles. The van der Waals surface area contributed by atoms with Gasteiger partial charge in [0.25, 0.3) is 5.91 Å². The van der Waals surface area contributed by atoms with Crippen LogP contribution in [-0.4, -0.2) is 71.2 Å². The number of halogens is 1. The predicted octanol–water partition coefficient (Wildman–Crippen LogP) is 3.75. The summed E-state index contributed by atoms with van der Waals surface area (Å²) in [5.74, 6) is 0.0369. The Morgan fingerprint density at radius 1 is 0.919 bits per heavy atom. The maximum Gasteiger partial charge on any atom is 0.258 e. The van der Waals surface area contributed by atoms with E-state index >= 15 is 0 Å². The first kappa shape index (κ1) is 26.5. The lowest BCUT2D eigenvalue weighted by Crippen LogP contribution is -2.52. The van der Waals surface area contributed by atoms with E-state index in [0.717, 1.165) is 0 Å². The van der Waals surface area contributed by atoms with E-state index in [1.165, 1.54) is 11.2 Å². The van der Waals surface area contributed by atoms with E-state index in [9.17, 15) is 18.0 Å². The molecule has 194 valence electrons. The number of methoxy groups -OCH3 is 1. The highest BCUT2D eigenvalue weighted by molar-refractivity contribution is 7.90. The van der Waals surface area contributed by atoms with E-state index in [2.05, 4.69) is 0 Å². The van der Waals surface area contributed by atoms with Crippen molar-refractivity contribution in [1.82, 2.24) is 4.90 Å². The number of para-hydroxylation sites is 2. The number of rotatable bonds is 7. The van der Waals surface area contributed by atoms with Gasteiger partial charge < -0.3 is 14.5 Å². The van der Waals surface area contributed by atoms with Gasteiger partial charge in [0.15, 0.2) is 9.84 Å². The molecule has 0 unspecified atom stereocenters. The maximum absolute atomic E-state index is 13.5. The molecule has 10 heteroatoms. The molecule has 1 aliphatic rings. The third-order valence-electron chi connectivity index (χ3n) is 6.26. The molecule has 0 atom stereocenters. The summed E-state index contributed by atoms with van der Waals surface area (Å²) < 4.78 is 29.6. The van der Waals surface area contributed by atoms with E-state index < -0.39 is 9.84 Å². The third kappa shape index (κ3) is 6.06. The number of amides is 2. The van der Waals surface area contributed by atoms with Crippen molar-refractivity contribution in [2.75, 3.05) is 55.9 Å². The minimum absolute atomic E-state index is 0.186. The van der Waals surface area contributed by atoms with Gasteiger partial charge in [-0.25, -0.2) is 8.42 Å². The quantitative estimate of drug-likeness (QED) is 0.453. The van der Waals surface area contributed by atoms with Crippen LogP contribution < -0.4 is 14.5 Å². The van der Waals surface area contributed by atoms with E-state index in [4.69, 9.17) is 16.3 Å². The molecule has 1 fully saturated rings. The molecular formula is C27H28ClN3O5S. The van der Waals surface area contributed by atoms with Gasteiger partial charge >= 0.3 is 0 Å². The summed E-state index contributed by atoms with van der Waals surface area (Å²) in [5.41, 5.74) is 1.47. The van der Waals surface area contributed by atoms with Gasteiger partial charge in [-0.1, -0.05) is 35.9 Å². The number of hydrogen-bond acceptors (Lipinski definition) is 6. The van der Waals surface area contributed by atoms with Gasteiger partial charge in [-0.2, -0.15) is 0 Å². The van der Waals surface area contributed by atoms with Crippen LogP contribution in [0.1, 0.15) is 10.4 Å². The highest BCUT2D eigenvalue weighted by atomic mass is 35.5. The molecular weight excluding hydrogens is 514 g/mol. The van der Waals surface area contributed by atoms with Crippen LogP contribution in [0.5, 0.6) is 5.75 Å². The summed E-state index contributed by atoms with van der Waals surface area (Å²) in [4.78, 5) is 32.1. The van der Waals surface area contributed by atoms with Crippen molar-refractivity contribution >= 4 is 44.6 Å². The van der Waals surface area contributed by atoms with Crippen molar-refractivity contribution in [3.63, 3.8) is 0 Å². The van der Waals surface area contributed by atoms with Crippen molar-refractivity contribution in [2.24, 2.45) is 0 Å². The molecule has 3 aromatic carbocycles. The maximum atomic E-state index is 13.5. The minimum Gasteiger partial charge on any atom is -0.497 e. The Morgan fingerprint density at radius 3 is 2.16 bits per heavy atom. The molecule has 1 saturated heterocycles. The summed E-state index contributed by atoms with van der Waals surface area (Å²) in [6.45, 7) is 1.54. The molecule has 0 bridgehead atoms. The zero-order valence-corrected chi connectivity index (χ0v) is 22.2. The summed E-state index contributed by atoms with van der Waals surface area (Å²) in [6.07, 6.45) is 1.19. The average Bonchev–Trinajstić information content (AvgIpc) is 2.91. The second-order valence-electron chi connectivity index (χ2n) is 8.68. The molecule has 0 N–H and O–H groups in total. The van der Waals surface area contributed by atoms with Gasteiger partial charge in [-0.15, -0.1) is 0 Å². The fraction of sp³-hybridized carbons (Fsp3) is 0.259. The van der Waals surface area contributed by atoms with Gasteiger partial charge in [0.1, 0.15) is 12.3 Å². The normalized spacial score (nSPS) is 13.8. The van der Waals surface area contributed by atoms with Crippen LogP contribution >= 0.6 is 11.6 Å². The van der Waals surface area contributed by atoms with Crippen molar-refractivity contribution in [3.8, 4) is 5.75 Å². The highest BCUT2D eigenvalue weighted by Gasteiger charge is 2.28. The van der Waals surface area contributed by atoms with Gasteiger partial charge in [-0.3, -0.25) is 14.5 Å². The second kappa shape index (κ2) is 11.2. The van der Waals surface area contributed by atoms with Crippen LogP contribution in [0.4, 0.5) is 11.4 Å². The number of anilines is 2. The summed E-state index contributed by atoms with van der Waals surface area (Å²) >= 11 is 6.41. The molecule has 1 aliphatic heterocycles. The Labute approximate surface area is 221 Å². The van der Waals surface area contributed by atoms with Crippen molar-refractivity contribution in [2.45, 2.75) is 4.90 Å². The molecule has 0 radical (unpaired) electrons. The number of piperazine rings is 1. The molecule has 37 heavy (non-hydrogen) atoms. The molecule has 3 aromatic rings. The van der Waals surface area contributed by atoms with Gasteiger partial charge in [0, 0.05) is 38.0 Å². The third-order valence-corrected chi connectivity index (χ3v) is 7.72. The number of hydrogen-bond donors (Lipinski definition) is 0. The van der Waals surface area contributed by atoms with Gasteiger partial charge in [-0.05, 0) is 48.5 Å². The molecule has 0 aromatic heterocycles. The number of ether oxygens (including phenoxy) is 1. The van der Waals surface area contributed by atoms with E-state index in [1.807, 2.05) is 4.90 Å². The Morgan fingerprint density at radius 2 is 1.54 bits per heavy atom. The Hall–Kier alpha value is -3.56. The zero-order valence-electron chi connectivity index (χ0n) is 20.6. The fourth-order valence-electron chi connectivity index (χ4n) is 4.29. The Bertz CT molecular complexity index is 1390. The first-order chi connectivity index (χ1) is 17.7. The molecule has 2 amide bonds. The lowest BCUT2D eigenvalue weighted by molar-refractivity contribution is -0.129. The highest BCUT2D eigenvalue weighted by Crippen LogP contribution is 2.28. The Balaban J connectivity index is 1.51. The monoisotopic (exact) mass is 541 g/mol. The Kier molecular flexibility index (Phi) is 8.04. The molecule has 0 saturated carbocycles. The van der Waals surface area contributed by atoms with Crippen molar-refractivity contribution in [1.29, 1.82) is 0 Å². The van der Waals surface area contributed by atoms with Crippen LogP contribution in [0.25, 0.3) is 0 Å². The lowest BCUT2D eigenvalue weighted by atomic mass is 10.1. The van der Waals surface area contributed by atoms with Crippen LogP contribution in [0.2, 0.25) is 5.02 Å². The lowest BCUT2D eigenvalue weighted by Gasteiger charge is -2.37. The molecule has 0 spiro atoms. The number of carbonyl (C=O) groups excluding carboxylic acids is 2. The SMILES string of the molecule is COc1ccc(C(=O)N(CC(=O)N2CCN(c3ccccc3S(C)(=O)=O)CC2)c2ccccc2Cl)cc1. The predicted molar refractivity (Wildman–Crippen MR) is 144 cm³/mol. The van der Waals surface area contributed by atoms with Crippen molar-refractivity contribution in [3.05, 3.63) is 83.4 Å². The summed E-state index contributed by atoms with van der Waals surface area (Å²) in [6, 6.07) is 20.4. The molecule has 1 heterocycles. The first-order valence-electron chi connectivity index (χ1n) is 11.7. The van der Waals surface area contributed by atoms with E-state index in [-0.39, 0.29) is 23.3 Å². The number of nitrogens with zero attached hydrogens (tertiary/aromatic N) is 3. The fourth-order valence-corrected chi connectivity index (χ4v) is 5.43. The van der Waals surface area contributed by atoms with Gasteiger partial charge in [0.05, 0.1) is 28.4 Å². The average molecular weight is 542 g/mol. The standard InChI is InChI=1S/C27H28ClN3O5S/c1-36-21-13-11-20(12-14-21)27(33)31(23-8-4-3-7-22(23)28)19-26(32)30-17-15-29(16-18-30)24-9-5-6-10-25(24)37(2,34)35/h3-14H,15-19H2,1-2H3. The van der Waals surface area contributed by atoms with Crippen LogP contribution in [0.15, 0.2) is 77.7 Å².